The van der Waals surface area contributed by atoms with Gasteiger partial charge in [-0.15, -0.1) is 0 Å². The molecule has 23 heavy (non-hydrogen) atoms. The highest BCUT2D eigenvalue weighted by Gasteiger charge is 2.41. The zero-order valence-corrected chi connectivity index (χ0v) is 16.6. The van der Waals surface area contributed by atoms with Gasteiger partial charge in [-0.3, -0.25) is 4.90 Å². The molecule has 1 aromatic rings. The summed E-state index contributed by atoms with van der Waals surface area (Å²) in [6.45, 7) is 14.1. The molecule has 4 heteroatoms. The maximum Gasteiger partial charge on any atom is 0.192 e. The van der Waals surface area contributed by atoms with E-state index in [0.717, 1.165) is 19.6 Å². The molecule has 1 aliphatic rings. The van der Waals surface area contributed by atoms with Gasteiger partial charge in [0.15, 0.2) is 8.32 Å². The predicted molar refractivity (Wildman–Crippen MR) is 99.2 cm³/mol. The van der Waals surface area contributed by atoms with Crippen LogP contribution in [0, 0.1) is 0 Å². The van der Waals surface area contributed by atoms with Crippen LogP contribution in [0.25, 0.3) is 0 Å². The molecule has 0 N–H and O–H groups in total. The zero-order valence-electron chi connectivity index (χ0n) is 15.6. The number of rotatable bonds is 6. The molecule has 1 fully saturated rings. The molecule has 0 radical (unpaired) electrons. The fourth-order valence-electron chi connectivity index (χ4n) is 2.79. The summed E-state index contributed by atoms with van der Waals surface area (Å²) >= 11 is 0. The van der Waals surface area contributed by atoms with E-state index in [4.69, 9.17) is 9.16 Å². The zero-order chi connectivity index (χ0) is 17.1. The van der Waals surface area contributed by atoms with E-state index >= 15 is 0 Å². The van der Waals surface area contributed by atoms with Gasteiger partial charge in [-0.1, -0.05) is 51.1 Å². The number of ether oxygens (including phenoxy) is 1. The summed E-state index contributed by atoms with van der Waals surface area (Å²) < 4.78 is 12.5. The Bertz CT molecular complexity index is 484. The minimum atomic E-state index is -1.68. The van der Waals surface area contributed by atoms with Gasteiger partial charge in [0.1, 0.15) is 0 Å². The molecule has 0 aliphatic carbocycles. The highest BCUT2D eigenvalue weighted by Crippen LogP contribution is 2.38. The molecule has 0 bridgehead atoms. The SMILES string of the molecule is CN1C[C@@H](O[Si](C)(C)C(C)(C)C)C[C@@H]1COCc1ccccc1. The van der Waals surface area contributed by atoms with Gasteiger partial charge in [-0.05, 0) is 37.2 Å². The predicted octanol–water partition coefficient (Wildman–Crippen LogP) is 4.30. The maximum absolute atomic E-state index is 6.57. The lowest BCUT2D eigenvalue weighted by Gasteiger charge is -2.38. The molecule has 1 heterocycles. The minimum absolute atomic E-state index is 0.271. The smallest absolute Gasteiger partial charge is 0.192 e. The van der Waals surface area contributed by atoms with Crippen LogP contribution in [0.5, 0.6) is 0 Å². The lowest BCUT2D eigenvalue weighted by molar-refractivity contribution is 0.0746. The third-order valence-corrected chi connectivity index (χ3v) is 9.87. The van der Waals surface area contributed by atoms with Crippen molar-refractivity contribution in [1.29, 1.82) is 0 Å². The summed E-state index contributed by atoms with van der Waals surface area (Å²) in [4.78, 5) is 2.39. The van der Waals surface area contributed by atoms with Crippen molar-refractivity contribution >= 4 is 8.32 Å². The van der Waals surface area contributed by atoms with Crippen LogP contribution in [0.1, 0.15) is 32.8 Å². The van der Waals surface area contributed by atoms with Gasteiger partial charge in [0, 0.05) is 12.6 Å². The number of hydrogen-bond acceptors (Lipinski definition) is 3. The van der Waals surface area contributed by atoms with Crippen LogP contribution in [-0.2, 0) is 15.8 Å². The number of benzene rings is 1. The van der Waals surface area contributed by atoms with Crippen molar-refractivity contribution in [1.82, 2.24) is 4.90 Å². The second-order valence-electron chi connectivity index (χ2n) is 8.33. The lowest BCUT2D eigenvalue weighted by atomic mass is 10.2. The molecular formula is C19H33NO2Si. The van der Waals surface area contributed by atoms with E-state index in [2.05, 4.69) is 70.1 Å². The third kappa shape index (κ3) is 5.15. The summed E-state index contributed by atoms with van der Waals surface area (Å²) in [5.41, 5.74) is 1.24. The standard InChI is InChI=1S/C19H33NO2Si/c1-19(2,3)23(5,6)22-18-12-17(20(4)13-18)15-21-14-16-10-8-7-9-11-16/h7-11,17-18H,12-15H2,1-6H3/t17-,18+/m1/s1. The number of nitrogens with zero attached hydrogens (tertiary/aromatic N) is 1. The van der Waals surface area contributed by atoms with Gasteiger partial charge in [0.25, 0.3) is 0 Å². The Morgan fingerprint density at radius 2 is 1.83 bits per heavy atom. The third-order valence-electron chi connectivity index (χ3n) is 5.34. The van der Waals surface area contributed by atoms with Crippen molar-refractivity contribution in [2.24, 2.45) is 0 Å². The van der Waals surface area contributed by atoms with Crippen molar-refractivity contribution in [2.75, 3.05) is 20.2 Å². The lowest BCUT2D eigenvalue weighted by Crippen LogP contribution is -2.44. The maximum atomic E-state index is 6.57. The Labute approximate surface area is 143 Å². The van der Waals surface area contributed by atoms with E-state index in [1.54, 1.807) is 0 Å². The van der Waals surface area contributed by atoms with Crippen LogP contribution in [0.2, 0.25) is 18.1 Å². The van der Waals surface area contributed by atoms with Crippen molar-refractivity contribution in [3.8, 4) is 0 Å². The van der Waals surface area contributed by atoms with Gasteiger partial charge in [-0.25, -0.2) is 0 Å². The Balaban J connectivity index is 1.80. The van der Waals surface area contributed by atoms with Crippen molar-refractivity contribution in [2.45, 2.75) is 64.1 Å². The second-order valence-corrected chi connectivity index (χ2v) is 13.1. The van der Waals surface area contributed by atoms with Crippen LogP contribution in [0.3, 0.4) is 0 Å². The van der Waals surface area contributed by atoms with Gasteiger partial charge in [0.05, 0.1) is 19.3 Å². The molecule has 0 unspecified atom stereocenters. The van der Waals surface area contributed by atoms with E-state index in [0.29, 0.717) is 18.8 Å². The van der Waals surface area contributed by atoms with Crippen LogP contribution in [0.4, 0.5) is 0 Å². The molecule has 2 rings (SSSR count). The fraction of sp³-hybridized carbons (Fsp3) is 0.684. The highest BCUT2D eigenvalue weighted by atomic mass is 28.4. The minimum Gasteiger partial charge on any atom is -0.413 e. The molecule has 0 aromatic heterocycles. The second kappa shape index (κ2) is 7.47. The summed E-state index contributed by atoms with van der Waals surface area (Å²) in [6, 6.07) is 10.8. The summed E-state index contributed by atoms with van der Waals surface area (Å²) in [6.07, 6.45) is 1.43. The van der Waals surface area contributed by atoms with Gasteiger partial charge >= 0.3 is 0 Å². The summed E-state index contributed by atoms with van der Waals surface area (Å²) in [7, 11) is 0.506. The Hall–Kier alpha value is -0.683. The topological polar surface area (TPSA) is 21.7 Å². The molecule has 0 spiro atoms. The number of hydrogen-bond donors (Lipinski definition) is 0. The first-order chi connectivity index (χ1) is 10.7. The Kier molecular flexibility index (Phi) is 6.06. The summed E-state index contributed by atoms with van der Waals surface area (Å²) in [5.74, 6) is 0. The van der Waals surface area contributed by atoms with Crippen molar-refractivity contribution in [3.05, 3.63) is 35.9 Å². The molecule has 1 aromatic carbocycles. The normalized spacial score (nSPS) is 23.4. The monoisotopic (exact) mass is 335 g/mol. The van der Waals surface area contributed by atoms with E-state index < -0.39 is 8.32 Å². The molecule has 1 saturated heterocycles. The molecule has 0 amide bonds. The molecule has 130 valence electrons. The molecule has 0 saturated carbocycles. The van der Waals surface area contributed by atoms with E-state index in [1.807, 2.05) is 6.07 Å². The van der Waals surface area contributed by atoms with Gasteiger partial charge in [0.2, 0.25) is 0 Å². The molecular weight excluding hydrogens is 302 g/mol. The first-order valence-electron chi connectivity index (χ1n) is 8.69. The molecule has 3 nitrogen and oxygen atoms in total. The number of likely N-dealkylation sites (N-methyl/N-ethyl adjacent to an activating group) is 1. The largest absolute Gasteiger partial charge is 0.413 e. The number of likely N-dealkylation sites (tertiary alicyclic amines) is 1. The van der Waals surface area contributed by atoms with Crippen molar-refractivity contribution in [3.63, 3.8) is 0 Å². The summed E-state index contributed by atoms with van der Waals surface area (Å²) in [5, 5.41) is 0.271. The highest BCUT2D eigenvalue weighted by molar-refractivity contribution is 6.74. The Morgan fingerprint density at radius 1 is 1.17 bits per heavy atom. The molecule has 2 atom stereocenters. The van der Waals surface area contributed by atoms with Gasteiger partial charge in [-0.2, -0.15) is 0 Å². The van der Waals surface area contributed by atoms with E-state index in [-0.39, 0.29) is 5.04 Å². The van der Waals surface area contributed by atoms with Crippen LogP contribution in [0.15, 0.2) is 30.3 Å². The van der Waals surface area contributed by atoms with Crippen LogP contribution in [-0.4, -0.2) is 45.6 Å². The van der Waals surface area contributed by atoms with Crippen LogP contribution < -0.4 is 0 Å². The van der Waals surface area contributed by atoms with E-state index in [1.165, 1.54) is 5.56 Å². The Morgan fingerprint density at radius 3 is 2.43 bits per heavy atom. The fourth-order valence-corrected chi connectivity index (χ4v) is 4.15. The molecule has 1 aliphatic heterocycles. The average molecular weight is 336 g/mol. The van der Waals surface area contributed by atoms with E-state index in [9.17, 15) is 0 Å². The first-order valence-corrected chi connectivity index (χ1v) is 11.6. The average Bonchev–Trinajstić information content (AvgIpc) is 2.78. The van der Waals surface area contributed by atoms with Crippen LogP contribution >= 0.6 is 0 Å². The van der Waals surface area contributed by atoms with Gasteiger partial charge < -0.3 is 9.16 Å². The first kappa shape index (κ1) is 18.7. The quantitative estimate of drug-likeness (QED) is 0.724. The van der Waals surface area contributed by atoms with Crippen molar-refractivity contribution < 1.29 is 9.16 Å².